The number of carboxylic acid groups (broad SMARTS) is 1. The van der Waals surface area contributed by atoms with E-state index in [0.29, 0.717) is 6.42 Å². The number of carbonyl (C=O) groups is 1. The molecule has 92 valence electrons. The summed E-state index contributed by atoms with van der Waals surface area (Å²) < 4.78 is 12.7. The normalized spacial score (nSPS) is 26.8. The maximum atomic E-state index is 12.7. The third-order valence-corrected chi connectivity index (χ3v) is 3.72. The molecular formula is C13H16FNO2. The molecule has 2 rings (SSSR count). The Bertz CT molecular complexity index is 418. The molecule has 0 saturated heterocycles. The van der Waals surface area contributed by atoms with E-state index >= 15 is 0 Å². The lowest BCUT2D eigenvalue weighted by molar-refractivity contribution is -0.143. The van der Waals surface area contributed by atoms with Gasteiger partial charge in [-0.1, -0.05) is 12.1 Å². The van der Waals surface area contributed by atoms with Gasteiger partial charge in [0.05, 0.1) is 5.41 Å². The molecule has 2 atom stereocenters. The van der Waals surface area contributed by atoms with Gasteiger partial charge in [-0.25, -0.2) is 4.39 Å². The second-order valence-corrected chi connectivity index (χ2v) is 4.73. The van der Waals surface area contributed by atoms with E-state index in [4.69, 9.17) is 10.8 Å². The van der Waals surface area contributed by atoms with Crippen molar-refractivity contribution in [2.75, 3.05) is 6.54 Å². The Kier molecular flexibility index (Phi) is 3.15. The van der Waals surface area contributed by atoms with Gasteiger partial charge in [-0.3, -0.25) is 4.79 Å². The fraction of sp³-hybridized carbons (Fsp3) is 0.462. The van der Waals surface area contributed by atoms with E-state index in [9.17, 15) is 9.18 Å². The van der Waals surface area contributed by atoms with Gasteiger partial charge in [0.1, 0.15) is 5.82 Å². The molecule has 0 heterocycles. The number of aryl methyl sites for hydroxylation is 1. The fourth-order valence-electron chi connectivity index (χ4n) is 2.35. The number of halogens is 1. The van der Waals surface area contributed by atoms with Crippen LogP contribution in [-0.2, 0) is 11.2 Å². The molecule has 1 aliphatic carbocycles. The Morgan fingerprint density at radius 1 is 1.47 bits per heavy atom. The van der Waals surface area contributed by atoms with Crippen LogP contribution >= 0.6 is 0 Å². The summed E-state index contributed by atoms with van der Waals surface area (Å²) in [4.78, 5) is 11.1. The lowest BCUT2D eigenvalue weighted by Crippen LogP contribution is -2.27. The monoisotopic (exact) mass is 237 g/mol. The quantitative estimate of drug-likeness (QED) is 0.820. The Hall–Kier alpha value is -1.42. The van der Waals surface area contributed by atoms with Gasteiger partial charge < -0.3 is 10.8 Å². The first kappa shape index (κ1) is 12.0. The van der Waals surface area contributed by atoms with Gasteiger partial charge in [0, 0.05) is 6.54 Å². The first-order valence-electron chi connectivity index (χ1n) is 5.76. The molecule has 1 saturated carbocycles. The minimum atomic E-state index is -0.788. The molecule has 3 nitrogen and oxygen atoms in total. The summed E-state index contributed by atoms with van der Waals surface area (Å²) in [6, 6.07) is 6.33. The van der Waals surface area contributed by atoms with Gasteiger partial charge in [-0.15, -0.1) is 0 Å². The summed E-state index contributed by atoms with van der Waals surface area (Å²) in [5.41, 5.74) is 5.86. The lowest BCUT2D eigenvalue weighted by Gasteiger charge is -2.08. The van der Waals surface area contributed by atoms with Crippen LogP contribution in [0.5, 0.6) is 0 Å². The van der Waals surface area contributed by atoms with Crippen LogP contribution in [0, 0.1) is 17.2 Å². The number of carboxylic acids is 1. The average Bonchev–Trinajstić information content (AvgIpc) is 3.03. The molecule has 4 heteroatoms. The van der Waals surface area contributed by atoms with E-state index in [1.165, 1.54) is 12.1 Å². The van der Waals surface area contributed by atoms with Crippen molar-refractivity contribution >= 4 is 5.97 Å². The van der Waals surface area contributed by atoms with Gasteiger partial charge >= 0.3 is 5.97 Å². The summed E-state index contributed by atoms with van der Waals surface area (Å²) in [5, 5.41) is 9.08. The van der Waals surface area contributed by atoms with E-state index in [2.05, 4.69) is 0 Å². The summed E-state index contributed by atoms with van der Waals surface area (Å²) in [6.45, 7) is 0.205. The van der Waals surface area contributed by atoms with Crippen LogP contribution in [0.3, 0.4) is 0 Å². The predicted octanol–water partition coefficient (Wildman–Crippen LogP) is 1.81. The smallest absolute Gasteiger partial charge is 0.311 e. The molecule has 0 radical (unpaired) electrons. The second kappa shape index (κ2) is 4.45. The molecule has 1 aromatic carbocycles. The number of aliphatic carboxylic acids is 1. The molecule has 1 fully saturated rings. The van der Waals surface area contributed by atoms with Crippen molar-refractivity contribution in [3.05, 3.63) is 35.6 Å². The Labute approximate surface area is 99.4 Å². The van der Waals surface area contributed by atoms with Crippen LogP contribution < -0.4 is 5.73 Å². The standard InChI is InChI=1S/C13H16FNO2/c14-11-5-2-9(3-6-11)1-4-10-7-13(10,8-15)12(16)17/h2-3,5-6,10H,1,4,7-8,15H2,(H,16,17). The minimum absolute atomic E-state index is 0.162. The van der Waals surface area contributed by atoms with E-state index in [0.717, 1.165) is 18.4 Å². The van der Waals surface area contributed by atoms with Crippen LogP contribution in [0.4, 0.5) is 4.39 Å². The van der Waals surface area contributed by atoms with Crippen molar-refractivity contribution in [2.45, 2.75) is 19.3 Å². The molecule has 1 aliphatic rings. The number of hydrogen-bond donors (Lipinski definition) is 2. The summed E-state index contributed by atoms with van der Waals surface area (Å²) in [6.07, 6.45) is 2.25. The van der Waals surface area contributed by atoms with Crippen LogP contribution in [0.1, 0.15) is 18.4 Å². The van der Waals surface area contributed by atoms with Gasteiger partial charge in [-0.05, 0) is 42.9 Å². The summed E-state index contributed by atoms with van der Waals surface area (Å²) in [5.74, 6) is -0.874. The number of hydrogen-bond acceptors (Lipinski definition) is 2. The SMILES string of the molecule is NCC1(C(=O)O)CC1CCc1ccc(F)cc1. The minimum Gasteiger partial charge on any atom is -0.481 e. The van der Waals surface area contributed by atoms with Crippen molar-refractivity contribution in [2.24, 2.45) is 17.1 Å². The van der Waals surface area contributed by atoms with Gasteiger partial charge in [0.2, 0.25) is 0 Å². The van der Waals surface area contributed by atoms with E-state index in [-0.39, 0.29) is 18.3 Å². The molecule has 0 aliphatic heterocycles. The van der Waals surface area contributed by atoms with Crippen LogP contribution in [0.2, 0.25) is 0 Å². The zero-order valence-electron chi connectivity index (χ0n) is 9.53. The average molecular weight is 237 g/mol. The maximum Gasteiger partial charge on any atom is 0.311 e. The highest BCUT2D eigenvalue weighted by atomic mass is 19.1. The van der Waals surface area contributed by atoms with Gasteiger partial charge in [0.15, 0.2) is 0 Å². The van der Waals surface area contributed by atoms with Crippen molar-refractivity contribution < 1.29 is 14.3 Å². The van der Waals surface area contributed by atoms with Crippen molar-refractivity contribution in [3.63, 3.8) is 0 Å². The van der Waals surface area contributed by atoms with Crippen molar-refractivity contribution in [1.82, 2.24) is 0 Å². The highest BCUT2D eigenvalue weighted by Gasteiger charge is 2.58. The van der Waals surface area contributed by atoms with Crippen LogP contribution in [-0.4, -0.2) is 17.6 Å². The molecule has 1 aromatic rings. The highest BCUT2D eigenvalue weighted by Crippen LogP contribution is 2.54. The maximum absolute atomic E-state index is 12.7. The Balaban J connectivity index is 1.89. The first-order chi connectivity index (χ1) is 8.08. The van der Waals surface area contributed by atoms with Crippen molar-refractivity contribution in [3.8, 4) is 0 Å². The highest BCUT2D eigenvalue weighted by molar-refractivity contribution is 5.79. The number of benzene rings is 1. The Morgan fingerprint density at radius 3 is 2.59 bits per heavy atom. The molecule has 0 amide bonds. The number of nitrogens with two attached hydrogens (primary N) is 1. The van der Waals surface area contributed by atoms with Crippen LogP contribution in [0.25, 0.3) is 0 Å². The van der Waals surface area contributed by atoms with Crippen molar-refractivity contribution in [1.29, 1.82) is 0 Å². The van der Waals surface area contributed by atoms with E-state index in [1.807, 2.05) is 0 Å². The Morgan fingerprint density at radius 2 is 2.12 bits per heavy atom. The fourth-order valence-corrected chi connectivity index (χ4v) is 2.35. The third kappa shape index (κ3) is 2.31. The molecule has 0 aromatic heterocycles. The molecule has 17 heavy (non-hydrogen) atoms. The van der Waals surface area contributed by atoms with Gasteiger partial charge in [0.25, 0.3) is 0 Å². The van der Waals surface area contributed by atoms with Gasteiger partial charge in [-0.2, -0.15) is 0 Å². The molecule has 2 unspecified atom stereocenters. The first-order valence-corrected chi connectivity index (χ1v) is 5.76. The summed E-state index contributed by atoms with van der Waals surface area (Å²) in [7, 11) is 0. The van der Waals surface area contributed by atoms with E-state index < -0.39 is 11.4 Å². The topological polar surface area (TPSA) is 63.3 Å². The second-order valence-electron chi connectivity index (χ2n) is 4.73. The predicted molar refractivity (Wildman–Crippen MR) is 62.0 cm³/mol. The lowest BCUT2D eigenvalue weighted by atomic mass is 9.99. The molecule has 0 spiro atoms. The molecule has 3 N–H and O–H groups in total. The number of rotatable bonds is 5. The molecule has 0 bridgehead atoms. The van der Waals surface area contributed by atoms with Crippen LogP contribution in [0.15, 0.2) is 24.3 Å². The zero-order valence-corrected chi connectivity index (χ0v) is 9.53. The largest absolute Gasteiger partial charge is 0.481 e. The summed E-state index contributed by atoms with van der Waals surface area (Å²) >= 11 is 0. The zero-order chi connectivity index (χ0) is 12.5. The molecular weight excluding hydrogens is 221 g/mol. The third-order valence-electron chi connectivity index (χ3n) is 3.72. The van der Waals surface area contributed by atoms with E-state index in [1.54, 1.807) is 12.1 Å².